The van der Waals surface area contributed by atoms with Crippen molar-refractivity contribution in [3.63, 3.8) is 0 Å². The number of H-pyrrole nitrogens is 1. The van der Waals surface area contributed by atoms with E-state index in [2.05, 4.69) is 49.4 Å². The third kappa shape index (κ3) is 29.4. The van der Waals surface area contributed by atoms with Crippen molar-refractivity contribution in [2.75, 3.05) is 31.1 Å². The minimum atomic E-state index is -3.40. The van der Waals surface area contributed by atoms with Crippen molar-refractivity contribution < 1.29 is 219 Å². The summed E-state index contributed by atoms with van der Waals surface area (Å²) in [6, 6.07) is 28.6. The molecule has 0 aliphatic heterocycles. The zero-order chi connectivity index (χ0) is 65.7. The molecule has 0 atom stereocenters. The molecule has 11 rings (SSSR count). The minimum Gasteiger partial charge on any atom is -0.715 e. The van der Waals surface area contributed by atoms with Crippen LogP contribution in [0, 0.1) is 148 Å². The number of nitrogens with one attached hydrogen (secondary N) is 4. The third-order valence-electron chi connectivity index (χ3n) is 19.6. The fraction of sp³-hybridized carbons (Fsp3) is 0.559. The van der Waals surface area contributed by atoms with E-state index < -0.39 is 9.84 Å². The Labute approximate surface area is 693 Å². The summed E-state index contributed by atoms with van der Waals surface area (Å²) in [5.41, 5.74) is 12.3. The van der Waals surface area contributed by atoms with Crippen LogP contribution in [0.4, 0.5) is 16.4 Å². The summed E-state index contributed by atoms with van der Waals surface area (Å²) in [4.78, 5) is 61.7. The quantitative estimate of drug-likeness (QED) is 0.0235. The van der Waals surface area contributed by atoms with Gasteiger partial charge in [-0.3, -0.25) is 25.4 Å². The Morgan fingerprint density at radius 3 is 1.51 bits per heavy atom. The first-order valence-corrected chi connectivity index (χ1v) is 34.2. The van der Waals surface area contributed by atoms with E-state index in [0.717, 1.165) is 62.5 Å². The van der Waals surface area contributed by atoms with Crippen LogP contribution in [0.1, 0.15) is 221 Å². The number of carbonyl (C=O) groups excluding carboxylic acids is 5. The molecule has 504 valence electrons. The molecule has 3 spiro atoms. The van der Waals surface area contributed by atoms with Gasteiger partial charge in [-0.15, -0.1) is 5.10 Å². The van der Waals surface area contributed by atoms with Gasteiger partial charge in [0.25, 0.3) is 11.9 Å². The van der Waals surface area contributed by atoms with Crippen LogP contribution in [0.25, 0.3) is 0 Å². The standard InChI is InChI=1S/C28H35N7O4S.C20H29NO2.C11H18O.C9H11NO2.3Ac.BHO.Na.H2O2/c1-40(38,39)24-7-5-6-22(18-24)29-27(37)35(23-12-16-28(17-13-23)14-3-2-4-15-28)19-20-8-10-21(11-9-20)25(36)30-26-31-33-34-32-26;1-23-19(22)17-7-5-16(6-8-17)15-21-18-9-13-20(14-10-18)11-3-2-4-12-20;12-10-4-8-11(9-5-10)6-2-1-3-7-11;1-12-9(11)8-4-2-7(6-10)3-5-8;;;;1-2;;1-2/h5-11,18,23H,2-4,12-17,19H2,1H3,(H,29,37)(H2,30,31,32,33,34,36);5-8,18,21H,2-4,9-15H2,1H3;1-9H2;2-5H,6,10H2,1H3;;;;2H;;1-2H/q;;;;;;;-1;+1;. The number of nitrogens with two attached hydrogens (primary N) is 1. The number of tetrazole rings is 1. The van der Waals surface area contributed by atoms with Crippen LogP contribution >= 0.6 is 0 Å². The summed E-state index contributed by atoms with van der Waals surface area (Å²) in [6.07, 6.45) is 35.6. The van der Waals surface area contributed by atoms with E-state index in [1.54, 1.807) is 36.4 Å². The predicted molar refractivity (Wildman–Crippen MR) is 351 cm³/mol. The number of carbonyl (C=O) groups is 5. The van der Waals surface area contributed by atoms with Crippen LogP contribution in [-0.2, 0) is 43.7 Å². The molecule has 6 saturated carbocycles. The zero-order valence-corrected chi connectivity index (χ0v) is 73.3. The largest absolute Gasteiger partial charge is 1.00 e. The van der Waals surface area contributed by atoms with Crippen molar-refractivity contribution in [2.45, 2.75) is 210 Å². The molecule has 0 bridgehead atoms. The van der Waals surface area contributed by atoms with E-state index in [0.29, 0.717) is 63.5 Å². The van der Waals surface area contributed by atoms with Gasteiger partial charge in [0.05, 0.1) is 30.2 Å². The second-order valence-electron chi connectivity index (χ2n) is 25.4. The maximum Gasteiger partial charge on any atom is 1.00 e. The Bertz CT molecular complexity index is 3130. The number of hydrogen-bond acceptors (Lipinski definition) is 17. The second kappa shape index (κ2) is 46.9. The van der Waals surface area contributed by atoms with E-state index in [9.17, 15) is 32.4 Å². The first-order chi connectivity index (χ1) is 44.0. The van der Waals surface area contributed by atoms with Crippen LogP contribution in [-0.4, -0.2) is 120 Å². The molecule has 6 fully saturated rings. The Morgan fingerprint density at radius 2 is 1.06 bits per heavy atom. The molecule has 0 unspecified atom stereocenters. The molecule has 95 heavy (non-hydrogen) atoms. The molecule has 4 aromatic carbocycles. The average Bonchev–Trinajstić information content (AvgIpc) is 1.05. The van der Waals surface area contributed by atoms with Gasteiger partial charge >= 0.3 is 47.5 Å². The fourth-order valence-electron chi connectivity index (χ4n) is 14.2. The van der Waals surface area contributed by atoms with Crippen molar-refractivity contribution in [3.05, 3.63) is 130 Å². The number of rotatable bonds is 13. The zero-order valence-electron chi connectivity index (χ0n) is 56.2. The minimum absolute atomic E-state index is 0. The number of hydrogen-bond donors (Lipinski definition) is 8. The van der Waals surface area contributed by atoms with Crippen molar-refractivity contribution in [2.24, 2.45) is 22.0 Å². The predicted octanol–water partition coefficient (Wildman–Crippen LogP) is 9.33. The number of benzene rings is 4. The van der Waals surface area contributed by atoms with E-state index >= 15 is 0 Å². The van der Waals surface area contributed by atoms with Crippen molar-refractivity contribution in [3.8, 4) is 0 Å². The molecule has 6 aliphatic rings. The van der Waals surface area contributed by atoms with E-state index in [4.69, 9.17) is 26.0 Å². The summed E-state index contributed by atoms with van der Waals surface area (Å²) in [5.74, 6) is -0.359. The Hall–Kier alpha value is -1.56. The van der Waals surface area contributed by atoms with Crippen LogP contribution < -0.4 is 51.2 Å². The molecule has 9 N–H and O–H groups in total. The van der Waals surface area contributed by atoms with Crippen LogP contribution in [0.15, 0.2) is 102 Å². The van der Waals surface area contributed by atoms with E-state index in [1.165, 1.54) is 167 Å². The third-order valence-corrected chi connectivity index (χ3v) is 20.7. The Morgan fingerprint density at radius 1 is 0.621 bits per heavy atom. The smallest absolute Gasteiger partial charge is 0.715 e. The molecule has 1 heterocycles. The average molecular weight is 1980 g/mol. The summed E-state index contributed by atoms with van der Waals surface area (Å²) >= 11 is 0. The number of aromatic nitrogens is 4. The maximum absolute atomic E-state index is 13.7. The Kier molecular flexibility index (Phi) is 44.2. The molecule has 21 nitrogen and oxygen atoms in total. The first kappa shape index (κ1) is 89.5. The molecular formula is C68H96Ac3BN9NaO12S. The monoisotopic (exact) mass is 1980 g/mol. The molecule has 0 saturated heterocycles. The van der Waals surface area contributed by atoms with Crippen molar-refractivity contribution in [1.29, 1.82) is 0 Å². The number of esters is 2. The Balaban J connectivity index is 0.000000470. The van der Waals surface area contributed by atoms with Crippen LogP contribution in [0.5, 0.6) is 0 Å². The van der Waals surface area contributed by atoms with Gasteiger partial charge in [-0.25, -0.2) is 22.8 Å². The molecule has 3 amide bonds. The summed E-state index contributed by atoms with van der Waals surface area (Å²) in [5, 5.41) is 40.9. The fourth-order valence-corrected chi connectivity index (χ4v) is 14.8. The summed E-state index contributed by atoms with van der Waals surface area (Å²) in [7, 11) is 2.87. The van der Waals surface area contributed by atoms with Gasteiger partial charge < -0.3 is 43.8 Å². The number of methoxy groups -OCH3 is 2. The summed E-state index contributed by atoms with van der Waals surface area (Å²) in [6.45, 7) is 1.74. The molecule has 5 aromatic rings. The van der Waals surface area contributed by atoms with Crippen LogP contribution in [0.2, 0.25) is 0 Å². The number of ketones is 1. The van der Waals surface area contributed by atoms with Gasteiger partial charge in [0.2, 0.25) is 0 Å². The van der Waals surface area contributed by atoms with Crippen molar-refractivity contribution >= 4 is 59.2 Å². The van der Waals surface area contributed by atoms with Crippen LogP contribution in [0.3, 0.4) is 0 Å². The first-order valence-electron chi connectivity index (χ1n) is 32.3. The molecule has 6 aliphatic carbocycles. The normalized spacial score (nSPS) is 18.0. The molecular weight excluding hydrogens is 1880 g/mol. The number of amides is 3. The number of anilines is 2. The topological polar surface area (TPSA) is 318 Å². The maximum atomic E-state index is 13.7. The van der Waals surface area contributed by atoms with Gasteiger partial charge in [0, 0.05) is 194 Å². The molecule has 1 aromatic heterocycles. The number of urea groups is 1. The van der Waals surface area contributed by atoms with Gasteiger partial charge in [-0.2, -0.15) is 5.21 Å². The van der Waals surface area contributed by atoms with Gasteiger partial charge in [0.1, 0.15) is 5.78 Å². The number of ether oxygens (including phenoxy) is 2. The van der Waals surface area contributed by atoms with Crippen molar-refractivity contribution in [1.82, 2.24) is 30.8 Å². The second-order valence-corrected chi connectivity index (χ2v) is 27.4. The van der Waals surface area contributed by atoms with Gasteiger partial charge in [0.15, 0.2) is 9.84 Å². The number of aromatic amines is 1. The number of nitrogens with zero attached hydrogens (tertiary/aromatic N) is 4. The van der Waals surface area contributed by atoms with Gasteiger partial charge in [-0.05, 0) is 195 Å². The number of sulfone groups is 1. The number of Topliss-reactive ketones (excluding diaryl/α,β-unsaturated/α-hetero) is 1. The summed E-state index contributed by atoms with van der Waals surface area (Å²) < 4.78 is 33.4. The molecule has 6 radical (unpaired) electrons. The van der Waals surface area contributed by atoms with E-state index in [-0.39, 0.29) is 203 Å². The molecule has 27 heteroatoms. The van der Waals surface area contributed by atoms with E-state index in [1.807, 2.05) is 53.4 Å². The van der Waals surface area contributed by atoms with Gasteiger partial charge in [-0.1, -0.05) is 105 Å². The SMILES string of the molecule is COC(=O)c1ccc(CN)cc1.COC(=O)c1ccc(CNC2CCC3(CCCCC3)CC2)cc1.CS(=O)(=O)c1cccc(NC(=O)N(Cc2ccc(C(=O)Nc3nn[nH]n3)cc2)C2CCC3(CCCCC3)CC2)c1.O=C1CCC2(CCCCC2)CC1.OO.[Ac].[Ac].[Ac].[B-]O.[Na+].